The maximum absolute atomic E-state index is 16.4. The Hall–Kier alpha value is -6.01. The van der Waals surface area contributed by atoms with E-state index in [1.165, 1.54) is 41.9 Å². The van der Waals surface area contributed by atoms with Crippen LogP contribution in [-0.4, -0.2) is 96.4 Å². The number of nitro benzene ring substituents is 1. The summed E-state index contributed by atoms with van der Waals surface area (Å²) in [6, 6.07) is 16.4. The number of piperidine rings is 1. The molecular formula is C50H52ClF2N7O7S. The second-order valence-corrected chi connectivity index (χ2v) is 21.2. The average molecular weight is 969 g/mol. The Kier molecular flexibility index (Phi) is 12.8. The summed E-state index contributed by atoms with van der Waals surface area (Å²) in [5, 5.41) is 13.5. The van der Waals surface area contributed by atoms with E-state index in [0.717, 1.165) is 53.5 Å². The van der Waals surface area contributed by atoms with E-state index >= 15 is 8.78 Å². The molecule has 9 rings (SSSR count). The van der Waals surface area contributed by atoms with Gasteiger partial charge in [-0.15, -0.1) is 0 Å². The number of hydrogen-bond acceptors (Lipinski definition) is 11. The Morgan fingerprint density at radius 1 is 1.04 bits per heavy atom. The van der Waals surface area contributed by atoms with Crippen LogP contribution in [0.5, 0.6) is 11.5 Å². The Morgan fingerprint density at radius 2 is 1.82 bits per heavy atom. The van der Waals surface area contributed by atoms with Crippen molar-refractivity contribution in [3.8, 4) is 11.5 Å². The number of sulfonamides is 1. The van der Waals surface area contributed by atoms with Crippen LogP contribution in [0, 0.1) is 21.3 Å². The van der Waals surface area contributed by atoms with Crippen molar-refractivity contribution >= 4 is 66.9 Å². The van der Waals surface area contributed by atoms with Crippen LogP contribution in [-0.2, 0) is 14.8 Å². The number of aromatic amines is 1. The Labute approximate surface area is 398 Å². The molecule has 3 aromatic carbocycles. The number of pyridine rings is 1. The Morgan fingerprint density at radius 3 is 2.53 bits per heavy atom. The van der Waals surface area contributed by atoms with E-state index in [1.807, 2.05) is 6.07 Å². The summed E-state index contributed by atoms with van der Waals surface area (Å²) >= 11 is 6.11. The van der Waals surface area contributed by atoms with Gasteiger partial charge in [0, 0.05) is 99.7 Å². The normalized spacial score (nSPS) is 19.1. The van der Waals surface area contributed by atoms with E-state index in [0.29, 0.717) is 68.2 Å². The predicted octanol–water partition coefficient (Wildman–Crippen LogP) is 9.86. The molecule has 2 fully saturated rings. The second-order valence-electron chi connectivity index (χ2n) is 19.1. The van der Waals surface area contributed by atoms with E-state index in [-0.39, 0.29) is 58.6 Å². The summed E-state index contributed by atoms with van der Waals surface area (Å²) in [5.41, 5.74) is 4.31. The van der Waals surface area contributed by atoms with Gasteiger partial charge in [0.1, 0.15) is 34.4 Å². The first kappa shape index (κ1) is 47.1. The molecule has 4 aliphatic rings. The number of alkyl halides is 1. The van der Waals surface area contributed by atoms with E-state index in [4.69, 9.17) is 16.3 Å². The van der Waals surface area contributed by atoms with E-state index < -0.39 is 37.2 Å². The molecule has 68 heavy (non-hydrogen) atoms. The third-order valence-electron chi connectivity index (χ3n) is 14.0. The maximum atomic E-state index is 16.4. The molecule has 14 nitrogen and oxygen atoms in total. The van der Waals surface area contributed by atoms with Gasteiger partial charge in [-0.05, 0) is 96.3 Å². The number of ketones is 1. The largest absolute Gasteiger partial charge is 0.455 e. The zero-order valence-electron chi connectivity index (χ0n) is 38.0. The topological polar surface area (TPSA) is 171 Å². The molecule has 0 atom stereocenters. The Bertz CT molecular complexity index is 3010. The third kappa shape index (κ3) is 9.79. The number of benzene rings is 3. The van der Waals surface area contributed by atoms with Gasteiger partial charge in [-0.3, -0.25) is 29.5 Å². The van der Waals surface area contributed by atoms with Crippen LogP contribution < -0.4 is 14.4 Å². The molecule has 1 saturated carbocycles. The number of aromatic nitrogens is 2. The third-order valence-corrected chi connectivity index (χ3v) is 15.6. The van der Waals surface area contributed by atoms with Gasteiger partial charge in [-0.1, -0.05) is 49.2 Å². The van der Waals surface area contributed by atoms with Crippen LogP contribution in [0.2, 0.25) is 5.02 Å². The standard InChI is InChI=1S/C50H52ClF2N7O7S/c1-49(2)14-10-34(42(28-49)40-8-5-35(51)24-43(40)52)30-58-18-12-31(13-19-58)32-4-7-41(46(23-32)67-38-22-33-11-17-54-47(33)55-29-38)48(62)56-68(65,66)39-6-9-44(45(27-39)60(63)64)57(3)50(53)15-20-59(21-16-50)36-25-37(61)26-36/h4-9,11-12,17,22-24,27,29,36H,10,13-16,18-21,25-26,28,30H2,1-3H3,(H,54,55)(H,56,62). The highest BCUT2D eigenvalue weighted by Crippen LogP contribution is 2.45. The van der Waals surface area contributed by atoms with Crippen molar-refractivity contribution in [1.29, 1.82) is 0 Å². The molecular weight excluding hydrogens is 916 g/mol. The van der Waals surface area contributed by atoms with Gasteiger partial charge < -0.3 is 14.6 Å². The average Bonchev–Trinajstić information content (AvgIpc) is 3.77. The number of carbonyl (C=O) groups is 2. The molecule has 2 aliphatic carbocycles. The molecule has 2 aliphatic heterocycles. The number of nitrogens with zero attached hydrogens (tertiary/aromatic N) is 5. The van der Waals surface area contributed by atoms with Crippen LogP contribution in [0.1, 0.15) is 86.7 Å². The number of nitro groups is 1. The van der Waals surface area contributed by atoms with Crippen LogP contribution >= 0.6 is 11.6 Å². The van der Waals surface area contributed by atoms with Crippen molar-refractivity contribution in [3.63, 3.8) is 0 Å². The van der Waals surface area contributed by atoms with Crippen molar-refractivity contribution in [3.05, 3.63) is 128 Å². The van der Waals surface area contributed by atoms with Gasteiger partial charge in [0.2, 0.25) is 0 Å². The number of rotatable bonds is 13. The van der Waals surface area contributed by atoms with Gasteiger partial charge in [0.05, 0.1) is 21.6 Å². The van der Waals surface area contributed by atoms with Crippen LogP contribution in [0.3, 0.4) is 0 Å². The number of hydrogen-bond donors (Lipinski definition) is 2. The van der Waals surface area contributed by atoms with Gasteiger partial charge in [0.25, 0.3) is 21.6 Å². The van der Waals surface area contributed by atoms with Gasteiger partial charge >= 0.3 is 0 Å². The number of halogens is 3. The van der Waals surface area contributed by atoms with Crippen LogP contribution in [0.4, 0.5) is 20.2 Å². The van der Waals surface area contributed by atoms with Gasteiger partial charge in [-0.25, -0.2) is 26.9 Å². The van der Waals surface area contributed by atoms with E-state index in [2.05, 4.69) is 44.4 Å². The number of amides is 1. The summed E-state index contributed by atoms with van der Waals surface area (Å²) in [6.07, 6.45) is 9.48. The van der Waals surface area contributed by atoms with Crippen molar-refractivity contribution in [2.24, 2.45) is 5.41 Å². The zero-order chi connectivity index (χ0) is 48.1. The minimum absolute atomic E-state index is 0.0279. The van der Waals surface area contributed by atoms with Crippen molar-refractivity contribution in [2.75, 3.05) is 44.7 Å². The summed E-state index contributed by atoms with van der Waals surface area (Å²) < 4.78 is 67.8. The maximum Gasteiger partial charge on any atom is 0.293 e. The molecule has 0 unspecified atom stereocenters. The smallest absolute Gasteiger partial charge is 0.293 e. The fourth-order valence-electron chi connectivity index (χ4n) is 9.85. The lowest BCUT2D eigenvalue weighted by molar-refractivity contribution is -0.384. The fraction of sp³-hybridized carbons (Fsp3) is 0.380. The van der Waals surface area contributed by atoms with Crippen molar-refractivity contribution in [1.82, 2.24) is 24.5 Å². The highest BCUT2D eigenvalue weighted by Gasteiger charge is 2.44. The molecule has 5 aromatic rings. The number of Topliss-reactive ketones (excluding diaryl/α,β-unsaturated/α-hetero) is 1. The fourth-order valence-corrected chi connectivity index (χ4v) is 11.0. The number of H-pyrrole nitrogens is 1. The zero-order valence-corrected chi connectivity index (χ0v) is 39.6. The number of carbonyl (C=O) groups excluding carboxylic acids is 2. The predicted molar refractivity (Wildman–Crippen MR) is 256 cm³/mol. The molecule has 0 radical (unpaired) electrons. The van der Waals surface area contributed by atoms with E-state index in [1.54, 1.807) is 36.5 Å². The molecule has 2 N–H and O–H groups in total. The summed E-state index contributed by atoms with van der Waals surface area (Å²) in [7, 11) is -3.33. The number of likely N-dealkylation sites (tertiary alicyclic amines) is 1. The minimum atomic E-state index is -4.73. The lowest BCUT2D eigenvalue weighted by atomic mass is 9.72. The first-order chi connectivity index (χ1) is 32.3. The summed E-state index contributed by atoms with van der Waals surface area (Å²) in [6.45, 7) is 7.13. The number of ether oxygens (including phenoxy) is 1. The van der Waals surface area contributed by atoms with Crippen LogP contribution in [0.25, 0.3) is 22.2 Å². The number of allylic oxidation sites excluding steroid dienone is 1. The monoisotopic (exact) mass is 967 g/mol. The lowest BCUT2D eigenvalue weighted by Gasteiger charge is -2.46. The number of anilines is 1. The lowest BCUT2D eigenvalue weighted by Crippen LogP contribution is -2.56. The SMILES string of the molecule is CN(c1ccc(S(=O)(=O)NC(=O)c2ccc(C3=CCN(CC4=C(c5ccc(Cl)cc5F)CC(C)(C)CC4)CC3)cc2Oc2cnc3[nH]ccc3c2)cc1[N+](=O)[O-])C1(F)CCN(C2CC(=O)C2)CC1. The molecule has 4 heterocycles. The second kappa shape index (κ2) is 18.5. The quantitative estimate of drug-likeness (QED) is 0.0654. The summed E-state index contributed by atoms with van der Waals surface area (Å²) in [5.74, 6) is -2.83. The minimum Gasteiger partial charge on any atom is -0.455 e. The highest BCUT2D eigenvalue weighted by molar-refractivity contribution is 7.90. The highest BCUT2D eigenvalue weighted by atomic mass is 35.5. The number of fused-ring (bicyclic) bond motifs is 1. The van der Waals surface area contributed by atoms with Crippen molar-refractivity contribution < 1.29 is 36.4 Å². The van der Waals surface area contributed by atoms with E-state index in [9.17, 15) is 28.1 Å². The molecule has 2 aromatic heterocycles. The first-order valence-corrected chi connectivity index (χ1v) is 24.6. The van der Waals surface area contributed by atoms with Gasteiger partial charge in [0.15, 0.2) is 5.79 Å². The van der Waals surface area contributed by atoms with Crippen LogP contribution in [0.15, 0.2) is 95.7 Å². The molecule has 356 valence electrons. The molecule has 1 amide bonds. The Balaban J connectivity index is 0.949. The molecule has 1 saturated heterocycles. The number of nitrogens with one attached hydrogen (secondary N) is 2. The van der Waals surface area contributed by atoms with Gasteiger partial charge in [-0.2, -0.15) is 0 Å². The molecule has 0 bridgehead atoms. The molecule has 18 heteroatoms. The first-order valence-electron chi connectivity index (χ1n) is 22.7. The molecule has 0 spiro atoms. The summed E-state index contributed by atoms with van der Waals surface area (Å²) in [4.78, 5) is 49.6. The van der Waals surface area contributed by atoms with Crippen molar-refractivity contribution in [2.45, 2.75) is 81.9 Å².